The van der Waals surface area contributed by atoms with Crippen molar-refractivity contribution in [3.63, 3.8) is 0 Å². The summed E-state index contributed by atoms with van der Waals surface area (Å²) < 4.78 is 0. The summed E-state index contributed by atoms with van der Waals surface area (Å²) in [5.41, 5.74) is 0.243. The first-order chi connectivity index (χ1) is 21.0. The number of nitrogens with one attached hydrogen (secondary N) is 1. The van der Waals surface area contributed by atoms with Crippen LogP contribution in [0.4, 0.5) is 0 Å². The van der Waals surface area contributed by atoms with Crippen molar-refractivity contribution in [1.82, 2.24) is 15.3 Å². The molecule has 5 aliphatic carbocycles. The number of hydrogen-bond donors (Lipinski definition) is 1. The molecular formula is C33H39N3O8. The number of rotatable bonds is 11. The van der Waals surface area contributed by atoms with E-state index in [4.69, 9.17) is 4.84 Å². The Balaban J connectivity index is 1.06. The topological polar surface area (TPSA) is 147 Å². The second-order valence-electron chi connectivity index (χ2n) is 13.7. The molecule has 0 aromatic carbocycles. The van der Waals surface area contributed by atoms with Crippen molar-refractivity contribution in [2.24, 2.45) is 40.9 Å². The van der Waals surface area contributed by atoms with Gasteiger partial charge in [-0.3, -0.25) is 33.7 Å². The Hall–Kier alpha value is -3.89. The van der Waals surface area contributed by atoms with Crippen molar-refractivity contribution in [3.05, 3.63) is 35.6 Å². The van der Waals surface area contributed by atoms with Gasteiger partial charge in [-0.2, -0.15) is 0 Å². The highest BCUT2D eigenvalue weighted by Gasteiger charge is 2.62. The first kappa shape index (κ1) is 30.1. The van der Waals surface area contributed by atoms with Crippen LogP contribution in [0.5, 0.6) is 0 Å². The number of nitrogens with zero attached hydrogens (tertiary/aromatic N) is 2. The summed E-state index contributed by atoms with van der Waals surface area (Å²) in [6.45, 7) is 4.37. The number of hydrogen-bond acceptors (Lipinski definition) is 9. The second-order valence-corrected chi connectivity index (χ2v) is 13.7. The van der Waals surface area contributed by atoms with Gasteiger partial charge in [-0.1, -0.05) is 38.2 Å². The highest BCUT2D eigenvalue weighted by molar-refractivity contribution is 6.22. The number of carbonyl (C=O) groups excluding carboxylic acids is 7. The Morgan fingerprint density at radius 3 is 1.89 bits per heavy atom. The van der Waals surface area contributed by atoms with Crippen molar-refractivity contribution < 1.29 is 38.4 Å². The van der Waals surface area contributed by atoms with E-state index >= 15 is 0 Å². The minimum Gasteiger partial charge on any atom is -0.388 e. The molecule has 2 aliphatic heterocycles. The molecule has 2 saturated heterocycles. The zero-order chi connectivity index (χ0) is 31.3. The zero-order valence-electron chi connectivity index (χ0n) is 25.2. The van der Waals surface area contributed by atoms with Crippen LogP contribution < -0.4 is 5.32 Å². The highest BCUT2D eigenvalue weighted by Crippen LogP contribution is 2.58. The number of amides is 4. The molecule has 6 atom stereocenters. The van der Waals surface area contributed by atoms with Gasteiger partial charge in [0.1, 0.15) is 0 Å². The van der Waals surface area contributed by atoms with Gasteiger partial charge in [-0.25, -0.2) is 4.79 Å². The maximum atomic E-state index is 13.4. The molecule has 7 aliphatic rings. The van der Waals surface area contributed by atoms with Crippen LogP contribution in [0.3, 0.4) is 0 Å². The van der Waals surface area contributed by atoms with E-state index in [1.807, 2.05) is 13.8 Å². The van der Waals surface area contributed by atoms with Crippen LogP contribution in [0.15, 0.2) is 35.6 Å². The SMILES string of the molecule is CC1(C)CC(=O)C(=C(CCCN2C(=O)C3C4C=CC(C5C=CC54)C3C2=O)NCCCCC(=O)ON2C(=O)CCC2=O)C(=O)C1. The maximum Gasteiger partial charge on any atom is 0.333 e. The first-order valence-electron chi connectivity index (χ1n) is 15.8. The molecule has 11 nitrogen and oxygen atoms in total. The molecular weight excluding hydrogens is 566 g/mol. The lowest BCUT2D eigenvalue weighted by Crippen LogP contribution is -2.50. The monoisotopic (exact) mass is 605 g/mol. The summed E-state index contributed by atoms with van der Waals surface area (Å²) >= 11 is 0. The molecule has 4 fully saturated rings. The minimum atomic E-state index is -0.681. The van der Waals surface area contributed by atoms with E-state index in [1.54, 1.807) is 0 Å². The molecule has 0 aromatic heterocycles. The molecule has 0 aromatic rings. The lowest BCUT2D eigenvalue weighted by atomic mass is 9.50. The van der Waals surface area contributed by atoms with E-state index in [2.05, 4.69) is 29.6 Å². The number of carbonyl (C=O) groups is 7. The third kappa shape index (κ3) is 5.34. The average Bonchev–Trinajstić information content (AvgIpc) is 3.37. The van der Waals surface area contributed by atoms with Gasteiger partial charge in [0.25, 0.3) is 11.8 Å². The molecule has 0 radical (unpaired) electrons. The molecule has 0 spiro atoms. The first-order valence-corrected chi connectivity index (χ1v) is 15.8. The van der Waals surface area contributed by atoms with E-state index in [0.717, 1.165) is 0 Å². The van der Waals surface area contributed by atoms with Gasteiger partial charge < -0.3 is 10.2 Å². The van der Waals surface area contributed by atoms with Crippen LogP contribution in [0, 0.1) is 40.9 Å². The van der Waals surface area contributed by atoms with E-state index in [0.29, 0.717) is 54.8 Å². The van der Waals surface area contributed by atoms with E-state index in [-0.39, 0.29) is 91.3 Å². The number of hydroxylamine groups is 2. The molecule has 2 bridgehead atoms. The molecule has 6 unspecified atom stereocenters. The Kier molecular flexibility index (Phi) is 7.92. The van der Waals surface area contributed by atoms with Gasteiger partial charge >= 0.3 is 5.97 Å². The number of ketones is 2. The van der Waals surface area contributed by atoms with Crippen LogP contribution in [-0.2, 0) is 38.4 Å². The second kappa shape index (κ2) is 11.6. The average molecular weight is 606 g/mol. The fraction of sp³-hybridized carbons (Fsp3) is 0.606. The molecule has 11 heteroatoms. The summed E-state index contributed by atoms with van der Waals surface area (Å²) in [7, 11) is 0. The van der Waals surface area contributed by atoms with Crippen molar-refractivity contribution >= 4 is 41.2 Å². The standard InChI is InChI=1S/C33H39N3O8/c1-33(2)16-23(37)30(24(38)17-33)22(34-14-4-3-7-27(41)44-36-25(39)12-13-26(36)40)6-5-15-35-31(42)28-20-10-11-21(29(28)32(35)43)19-9-8-18(19)20/h8-11,18-21,28-29,34H,3-7,12-17H2,1-2H3. The fourth-order valence-electron chi connectivity index (χ4n) is 7.93. The Bertz CT molecular complexity index is 1350. The highest BCUT2D eigenvalue weighted by atomic mass is 16.7. The zero-order valence-corrected chi connectivity index (χ0v) is 25.2. The number of likely N-dealkylation sites (tertiary alicyclic amines) is 1. The van der Waals surface area contributed by atoms with E-state index in [1.165, 1.54) is 4.90 Å². The van der Waals surface area contributed by atoms with Gasteiger partial charge in [-0.15, -0.1) is 5.06 Å². The van der Waals surface area contributed by atoms with Crippen LogP contribution in [0.2, 0.25) is 0 Å². The Morgan fingerprint density at radius 1 is 0.795 bits per heavy atom. The third-order valence-corrected chi connectivity index (χ3v) is 10.1. The number of imide groups is 2. The Labute approximate surface area is 256 Å². The molecule has 44 heavy (non-hydrogen) atoms. The minimum absolute atomic E-state index is 0.00765. The van der Waals surface area contributed by atoms with Crippen LogP contribution in [0.25, 0.3) is 0 Å². The summed E-state index contributed by atoms with van der Waals surface area (Å²) in [6.07, 6.45) is 10.7. The molecule has 2 saturated carbocycles. The normalized spacial score (nSPS) is 31.5. The van der Waals surface area contributed by atoms with Crippen LogP contribution in [0.1, 0.15) is 71.6 Å². The number of allylic oxidation sites excluding steroid dienone is 6. The van der Waals surface area contributed by atoms with Gasteiger partial charge in [0.15, 0.2) is 11.6 Å². The summed E-state index contributed by atoms with van der Waals surface area (Å²) in [5.74, 6) is -2.23. The van der Waals surface area contributed by atoms with Crippen LogP contribution >= 0.6 is 0 Å². The lowest BCUT2D eigenvalue weighted by Gasteiger charge is -2.51. The van der Waals surface area contributed by atoms with E-state index < -0.39 is 23.2 Å². The van der Waals surface area contributed by atoms with Gasteiger partial charge in [-0.05, 0) is 54.8 Å². The summed E-state index contributed by atoms with van der Waals surface area (Å²) in [5, 5.41) is 3.77. The molecule has 7 rings (SSSR count). The smallest absolute Gasteiger partial charge is 0.333 e. The van der Waals surface area contributed by atoms with Crippen molar-refractivity contribution in [2.45, 2.75) is 71.6 Å². The number of unbranched alkanes of at least 4 members (excludes halogenated alkanes) is 1. The Morgan fingerprint density at radius 2 is 1.34 bits per heavy atom. The van der Waals surface area contributed by atoms with Gasteiger partial charge in [0, 0.05) is 50.9 Å². The summed E-state index contributed by atoms with van der Waals surface area (Å²) in [6, 6.07) is 0. The van der Waals surface area contributed by atoms with Crippen molar-refractivity contribution in [1.29, 1.82) is 0 Å². The molecule has 1 N–H and O–H groups in total. The molecule has 4 amide bonds. The quantitative estimate of drug-likeness (QED) is 0.123. The number of Topliss-reactive ketones (excluding diaryl/α,β-unsaturated/α-hetero) is 2. The van der Waals surface area contributed by atoms with Crippen molar-refractivity contribution in [3.8, 4) is 0 Å². The predicted molar refractivity (Wildman–Crippen MR) is 154 cm³/mol. The largest absolute Gasteiger partial charge is 0.388 e. The van der Waals surface area contributed by atoms with Crippen LogP contribution in [-0.4, -0.2) is 64.2 Å². The summed E-state index contributed by atoms with van der Waals surface area (Å²) in [4.78, 5) is 94.9. The van der Waals surface area contributed by atoms with E-state index in [9.17, 15) is 33.6 Å². The predicted octanol–water partition coefficient (Wildman–Crippen LogP) is 2.57. The van der Waals surface area contributed by atoms with Gasteiger partial charge in [0.2, 0.25) is 11.8 Å². The third-order valence-electron chi connectivity index (χ3n) is 10.1. The lowest BCUT2D eigenvalue weighted by molar-refractivity contribution is -0.197. The maximum absolute atomic E-state index is 13.4. The van der Waals surface area contributed by atoms with Crippen molar-refractivity contribution in [2.75, 3.05) is 13.1 Å². The fourth-order valence-corrected chi connectivity index (χ4v) is 7.93. The van der Waals surface area contributed by atoms with Gasteiger partial charge in [0.05, 0.1) is 17.4 Å². The molecule has 234 valence electrons. The molecule has 2 heterocycles.